The van der Waals surface area contributed by atoms with E-state index >= 15 is 0 Å². The van der Waals surface area contributed by atoms with Crippen molar-refractivity contribution in [1.82, 2.24) is 21.3 Å². The molecule has 1 saturated heterocycles. The smallest absolute Gasteiger partial charge is 0.349 e. The van der Waals surface area contributed by atoms with Gasteiger partial charge >= 0.3 is 11.9 Å². The maximum Gasteiger partial charge on any atom is 0.349 e. The van der Waals surface area contributed by atoms with Crippen molar-refractivity contribution < 1.29 is 48.3 Å². The van der Waals surface area contributed by atoms with Crippen LogP contribution < -0.4 is 31.7 Å². The Hall–Kier alpha value is -6.36. The first-order valence-corrected chi connectivity index (χ1v) is 16.2. The van der Waals surface area contributed by atoms with E-state index < -0.39 is 83.5 Å². The van der Waals surface area contributed by atoms with Gasteiger partial charge in [-0.3, -0.25) is 29.3 Å². The molecule has 2 unspecified atom stereocenters. The van der Waals surface area contributed by atoms with Crippen molar-refractivity contribution >= 4 is 41.3 Å². The molecule has 5 atom stereocenters. The number of carboxylic acids is 1. The highest BCUT2D eigenvalue weighted by atomic mass is 16.6. The van der Waals surface area contributed by atoms with E-state index in [1.165, 1.54) is 48.5 Å². The van der Waals surface area contributed by atoms with Gasteiger partial charge in [-0.15, -0.1) is 0 Å². The lowest BCUT2D eigenvalue weighted by Crippen LogP contribution is -2.53. The topological polar surface area (TPSA) is 258 Å². The number of amides is 4. The highest BCUT2D eigenvalue weighted by molar-refractivity contribution is 5.93. The molecule has 3 aromatic carbocycles. The van der Waals surface area contributed by atoms with Gasteiger partial charge in [-0.2, -0.15) is 0 Å². The van der Waals surface area contributed by atoms with Gasteiger partial charge in [-0.05, 0) is 42.7 Å². The molecule has 1 aliphatic rings. The number of ether oxygens (including phenoxy) is 2. The lowest BCUT2D eigenvalue weighted by molar-refractivity contribution is -0.386. The van der Waals surface area contributed by atoms with E-state index in [0.717, 1.165) is 5.56 Å². The van der Waals surface area contributed by atoms with Gasteiger partial charge in [0.05, 0.1) is 29.6 Å². The standard InChI is InChI=1S/C35H38N6O11/c1-20-15-27(35(48)51-20)40-33(45)26(17-21-7-3-2-4-8-21)39-30(43)19-37-29(42)18-38-32(44)25(36)16-22-11-13-23(14-12-22)52-31(34(46)47)24-9-5-6-10-28(24)41(49)50/h2-14,20,25-27,31H,15-19,36H2,1H3,(H,37,42)(H,38,44)(H,39,43)(H,40,45)(H,46,47)/t20?,25-,26-,27-,31?/m0/s1. The van der Waals surface area contributed by atoms with Crippen molar-refractivity contribution in [3.8, 4) is 5.75 Å². The van der Waals surface area contributed by atoms with Gasteiger partial charge in [-0.1, -0.05) is 54.6 Å². The van der Waals surface area contributed by atoms with E-state index in [-0.39, 0.29) is 30.3 Å². The van der Waals surface area contributed by atoms with Crippen LogP contribution in [0.5, 0.6) is 5.75 Å². The van der Waals surface area contributed by atoms with Crippen molar-refractivity contribution in [3.05, 3.63) is 106 Å². The van der Waals surface area contributed by atoms with E-state index in [9.17, 15) is 44.0 Å². The second-order valence-electron chi connectivity index (χ2n) is 12.0. The van der Waals surface area contributed by atoms with E-state index in [1.807, 2.05) is 0 Å². The van der Waals surface area contributed by atoms with E-state index in [4.69, 9.17) is 15.2 Å². The van der Waals surface area contributed by atoms with Crippen LogP contribution in [0.1, 0.15) is 36.1 Å². The third kappa shape index (κ3) is 11.1. The SMILES string of the molecule is CC1C[C@H](NC(=O)[C@H](Cc2ccccc2)NC(=O)CNC(=O)CNC(=O)[C@@H](N)Cc2ccc(OC(C(=O)O)c3ccccc3[N+](=O)[O-])cc2)C(=O)O1. The van der Waals surface area contributed by atoms with Crippen molar-refractivity contribution in [2.75, 3.05) is 13.1 Å². The zero-order valence-electron chi connectivity index (χ0n) is 28.0. The summed E-state index contributed by atoms with van der Waals surface area (Å²) in [4.78, 5) is 85.3. The number of nitrogens with zero attached hydrogens (tertiary/aromatic N) is 1. The third-order valence-corrected chi connectivity index (χ3v) is 7.90. The van der Waals surface area contributed by atoms with Gasteiger partial charge in [0.15, 0.2) is 0 Å². The second-order valence-corrected chi connectivity index (χ2v) is 12.0. The van der Waals surface area contributed by atoms with Crippen LogP contribution in [0.4, 0.5) is 5.69 Å². The zero-order chi connectivity index (χ0) is 37.8. The number of hydrogen-bond donors (Lipinski definition) is 6. The van der Waals surface area contributed by atoms with Gasteiger partial charge < -0.3 is 41.6 Å². The van der Waals surface area contributed by atoms with Crippen molar-refractivity contribution in [2.45, 2.75) is 56.5 Å². The molecule has 4 rings (SSSR count). The first-order valence-electron chi connectivity index (χ1n) is 16.2. The molecule has 17 heteroatoms. The summed E-state index contributed by atoms with van der Waals surface area (Å²) in [7, 11) is 0. The molecule has 0 saturated carbocycles. The number of nitrogens with two attached hydrogens (primary N) is 1. The monoisotopic (exact) mass is 718 g/mol. The Kier molecular flexibility index (Phi) is 13.3. The number of nitrogens with one attached hydrogen (secondary N) is 4. The van der Waals surface area contributed by atoms with Crippen molar-refractivity contribution in [3.63, 3.8) is 0 Å². The molecule has 1 heterocycles. The van der Waals surface area contributed by atoms with E-state index in [2.05, 4.69) is 21.3 Å². The average Bonchev–Trinajstić information content (AvgIpc) is 3.44. The van der Waals surface area contributed by atoms with Crippen LogP contribution in [0, 0.1) is 10.1 Å². The summed E-state index contributed by atoms with van der Waals surface area (Å²) < 4.78 is 10.6. The molecule has 3 aromatic rings. The molecule has 1 fully saturated rings. The highest BCUT2D eigenvalue weighted by Gasteiger charge is 2.35. The summed E-state index contributed by atoms with van der Waals surface area (Å²) in [6.07, 6.45) is -1.56. The summed E-state index contributed by atoms with van der Waals surface area (Å²) in [6, 6.07) is 17.2. The Labute approximate surface area is 297 Å². The number of cyclic esters (lactones) is 1. The molecule has 7 N–H and O–H groups in total. The number of rotatable bonds is 17. The second kappa shape index (κ2) is 18.0. The van der Waals surface area contributed by atoms with Crippen LogP contribution >= 0.6 is 0 Å². The molecule has 1 aliphatic heterocycles. The quantitative estimate of drug-likeness (QED) is 0.0632. The normalized spacial score (nSPS) is 16.7. The van der Waals surface area contributed by atoms with Crippen LogP contribution in [0.3, 0.4) is 0 Å². The summed E-state index contributed by atoms with van der Waals surface area (Å²) in [6.45, 7) is 0.705. The molecule has 274 valence electrons. The summed E-state index contributed by atoms with van der Waals surface area (Å²) in [5.41, 5.74) is 6.79. The number of para-hydroxylation sites is 1. The van der Waals surface area contributed by atoms with Crippen LogP contribution in [-0.2, 0) is 46.3 Å². The molecule has 0 spiro atoms. The Balaban J connectivity index is 1.23. The number of carbonyl (C=O) groups excluding carboxylic acids is 5. The van der Waals surface area contributed by atoms with Gasteiger partial charge in [0.25, 0.3) is 5.69 Å². The Morgan fingerprint density at radius 3 is 2.17 bits per heavy atom. The fraction of sp³-hybridized carbons (Fsp3) is 0.314. The number of esters is 1. The minimum atomic E-state index is -1.65. The van der Waals surface area contributed by atoms with Gasteiger partial charge in [-0.25, -0.2) is 9.59 Å². The predicted octanol–water partition coefficient (Wildman–Crippen LogP) is 0.449. The van der Waals surface area contributed by atoms with Gasteiger partial charge in [0, 0.05) is 18.9 Å². The maximum absolute atomic E-state index is 13.0. The van der Waals surface area contributed by atoms with E-state index in [1.54, 1.807) is 37.3 Å². The molecule has 4 amide bonds. The fourth-order valence-corrected chi connectivity index (χ4v) is 5.30. The Bertz CT molecular complexity index is 1790. The molecule has 52 heavy (non-hydrogen) atoms. The number of benzene rings is 3. The molecular formula is C35H38N6O11. The number of nitro groups is 1. The van der Waals surface area contributed by atoms with Crippen molar-refractivity contribution in [1.29, 1.82) is 0 Å². The zero-order valence-corrected chi connectivity index (χ0v) is 28.0. The summed E-state index contributed by atoms with van der Waals surface area (Å²) in [5.74, 6) is -4.52. The molecule has 0 bridgehead atoms. The Morgan fingerprint density at radius 2 is 1.54 bits per heavy atom. The van der Waals surface area contributed by atoms with Crippen LogP contribution in [0.25, 0.3) is 0 Å². The van der Waals surface area contributed by atoms with Crippen LogP contribution in [0.15, 0.2) is 78.9 Å². The first-order chi connectivity index (χ1) is 24.8. The fourth-order valence-electron chi connectivity index (χ4n) is 5.30. The molecular weight excluding hydrogens is 680 g/mol. The summed E-state index contributed by atoms with van der Waals surface area (Å²) in [5, 5.41) is 31.0. The van der Waals surface area contributed by atoms with Crippen LogP contribution in [0.2, 0.25) is 0 Å². The largest absolute Gasteiger partial charge is 0.478 e. The average molecular weight is 719 g/mol. The highest BCUT2D eigenvalue weighted by Crippen LogP contribution is 2.29. The summed E-state index contributed by atoms with van der Waals surface area (Å²) >= 11 is 0. The maximum atomic E-state index is 13.0. The third-order valence-electron chi connectivity index (χ3n) is 7.90. The molecule has 0 aliphatic carbocycles. The van der Waals surface area contributed by atoms with Gasteiger partial charge in [0.2, 0.25) is 29.7 Å². The lowest BCUT2D eigenvalue weighted by Gasteiger charge is -2.20. The van der Waals surface area contributed by atoms with E-state index in [0.29, 0.717) is 12.0 Å². The molecule has 0 radical (unpaired) electrons. The number of carbonyl (C=O) groups is 6. The van der Waals surface area contributed by atoms with Crippen LogP contribution in [-0.4, -0.2) is 82.9 Å². The molecule has 0 aromatic heterocycles. The number of hydrogen-bond acceptors (Lipinski definition) is 11. The predicted molar refractivity (Wildman–Crippen MR) is 182 cm³/mol. The van der Waals surface area contributed by atoms with Crippen molar-refractivity contribution in [2.24, 2.45) is 5.73 Å². The number of aliphatic carboxylic acids is 1. The minimum absolute atomic E-state index is 0.0328. The number of nitro benzene ring substituents is 1. The lowest BCUT2D eigenvalue weighted by atomic mass is 10.0. The minimum Gasteiger partial charge on any atom is -0.478 e. The first kappa shape index (κ1) is 38.4. The number of carboxylic acid groups (broad SMARTS) is 1. The molecule has 17 nitrogen and oxygen atoms in total. The Morgan fingerprint density at radius 1 is 0.904 bits per heavy atom. The van der Waals surface area contributed by atoms with Gasteiger partial charge in [0.1, 0.15) is 23.9 Å².